The van der Waals surface area contributed by atoms with Crippen LogP contribution < -0.4 is 5.32 Å². The van der Waals surface area contributed by atoms with Gasteiger partial charge >= 0.3 is 0 Å². The second-order valence-corrected chi connectivity index (χ2v) is 5.70. The van der Waals surface area contributed by atoms with Gasteiger partial charge in [0.2, 0.25) is 0 Å². The summed E-state index contributed by atoms with van der Waals surface area (Å²) < 4.78 is 0. The number of hydrogen-bond donors (Lipinski definition) is 1. The molecule has 0 saturated carbocycles. The van der Waals surface area contributed by atoms with E-state index in [1.54, 1.807) is 24.7 Å². The summed E-state index contributed by atoms with van der Waals surface area (Å²) in [5, 5.41) is 2.78. The topological polar surface area (TPSA) is 67.8 Å². The van der Waals surface area contributed by atoms with Crippen LogP contribution in [0.2, 0.25) is 0 Å². The maximum absolute atomic E-state index is 12.3. The maximum Gasteiger partial charge on any atom is 0.258 e. The molecule has 0 aliphatic heterocycles. The molecule has 1 aromatic carbocycles. The summed E-state index contributed by atoms with van der Waals surface area (Å²) in [6.45, 7) is 5.79. The molecule has 0 aliphatic rings. The highest BCUT2D eigenvalue weighted by molar-refractivity contribution is 6.04. The Hall–Kier alpha value is -3.08. The summed E-state index contributed by atoms with van der Waals surface area (Å²) in [4.78, 5) is 25.2. The number of aromatic nitrogens is 3. The van der Waals surface area contributed by atoms with Crippen molar-refractivity contribution in [2.24, 2.45) is 0 Å². The third kappa shape index (κ3) is 3.30. The first-order valence-corrected chi connectivity index (χ1v) is 7.67. The van der Waals surface area contributed by atoms with Crippen LogP contribution in [0.3, 0.4) is 0 Å². The van der Waals surface area contributed by atoms with E-state index in [9.17, 15) is 4.79 Å². The fraction of sp³-hybridized carbons (Fsp3) is 0.158. The first kappa shape index (κ1) is 15.8. The summed E-state index contributed by atoms with van der Waals surface area (Å²) in [5.41, 5.74) is 5.15. The first-order valence-electron chi connectivity index (χ1n) is 7.67. The van der Waals surface area contributed by atoms with Crippen molar-refractivity contribution >= 4 is 11.7 Å². The van der Waals surface area contributed by atoms with Gasteiger partial charge in [0.25, 0.3) is 5.91 Å². The van der Waals surface area contributed by atoms with E-state index in [0.29, 0.717) is 11.4 Å². The molecule has 0 aliphatic carbocycles. The number of nitrogens with zero attached hydrogens (tertiary/aromatic N) is 3. The minimum atomic E-state index is -0.238. The lowest BCUT2D eigenvalue weighted by atomic mass is 10.1. The standard InChI is InChI=1S/C19H18N4O/c1-12-5-4-6-15(9-12)18-14(3)22-17(11-21-18)23-19(24)16-10-20-8-7-13(16)2/h4-11H,1-3H3,(H,22,23,24). The van der Waals surface area contributed by atoms with E-state index < -0.39 is 0 Å². The van der Waals surface area contributed by atoms with Gasteiger partial charge in [-0.3, -0.25) is 14.8 Å². The molecule has 0 fully saturated rings. The van der Waals surface area contributed by atoms with Gasteiger partial charge in [0.05, 0.1) is 23.1 Å². The van der Waals surface area contributed by atoms with Crippen molar-refractivity contribution in [2.45, 2.75) is 20.8 Å². The Kier molecular flexibility index (Phi) is 4.33. The molecule has 0 saturated heterocycles. The van der Waals surface area contributed by atoms with Crippen LogP contribution in [0.15, 0.2) is 48.9 Å². The van der Waals surface area contributed by atoms with Crippen LogP contribution in [0.4, 0.5) is 5.82 Å². The Morgan fingerprint density at radius 3 is 2.62 bits per heavy atom. The number of rotatable bonds is 3. The molecule has 0 radical (unpaired) electrons. The van der Waals surface area contributed by atoms with E-state index >= 15 is 0 Å². The smallest absolute Gasteiger partial charge is 0.258 e. The van der Waals surface area contributed by atoms with Crippen molar-refractivity contribution in [2.75, 3.05) is 5.32 Å². The van der Waals surface area contributed by atoms with Gasteiger partial charge in [-0.2, -0.15) is 0 Å². The van der Waals surface area contributed by atoms with Crippen molar-refractivity contribution in [3.63, 3.8) is 0 Å². The minimum Gasteiger partial charge on any atom is -0.305 e. The molecule has 1 amide bonds. The van der Waals surface area contributed by atoms with Gasteiger partial charge < -0.3 is 5.32 Å². The number of aryl methyl sites for hydroxylation is 3. The number of carbonyl (C=O) groups excluding carboxylic acids is 1. The van der Waals surface area contributed by atoms with Gasteiger partial charge in [-0.1, -0.05) is 23.8 Å². The number of hydrogen-bond acceptors (Lipinski definition) is 4. The van der Waals surface area contributed by atoms with Crippen LogP contribution in [0, 0.1) is 20.8 Å². The highest BCUT2D eigenvalue weighted by Crippen LogP contribution is 2.22. The van der Waals surface area contributed by atoms with Gasteiger partial charge in [-0.25, -0.2) is 4.98 Å². The number of amides is 1. The van der Waals surface area contributed by atoms with E-state index in [0.717, 1.165) is 28.1 Å². The number of pyridine rings is 1. The Balaban J connectivity index is 1.85. The van der Waals surface area contributed by atoms with E-state index in [1.807, 2.05) is 39.0 Å². The van der Waals surface area contributed by atoms with E-state index in [4.69, 9.17) is 0 Å². The van der Waals surface area contributed by atoms with Crippen LogP contribution in [-0.2, 0) is 0 Å². The van der Waals surface area contributed by atoms with Crippen LogP contribution >= 0.6 is 0 Å². The summed E-state index contributed by atoms with van der Waals surface area (Å²) in [6, 6.07) is 9.89. The third-order valence-corrected chi connectivity index (χ3v) is 3.76. The number of benzene rings is 1. The Morgan fingerprint density at radius 1 is 1.08 bits per heavy atom. The lowest BCUT2D eigenvalue weighted by Crippen LogP contribution is -2.15. The molecule has 5 heteroatoms. The predicted molar refractivity (Wildman–Crippen MR) is 93.9 cm³/mol. The molecule has 5 nitrogen and oxygen atoms in total. The molecule has 24 heavy (non-hydrogen) atoms. The van der Waals surface area contributed by atoms with Crippen LogP contribution in [0.5, 0.6) is 0 Å². The highest BCUT2D eigenvalue weighted by Gasteiger charge is 2.12. The summed E-state index contributed by atoms with van der Waals surface area (Å²) >= 11 is 0. The Labute approximate surface area is 140 Å². The zero-order valence-electron chi connectivity index (χ0n) is 13.9. The minimum absolute atomic E-state index is 0.238. The SMILES string of the molecule is Cc1cccc(-c2ncc(NC(=O)c3cnccc3C)nc2C)c1. The van der Waals surface area contributed by atoms with Crippen molar-refractivity contribution in [1.82, 2.24) is 15.0 Å². The number of anilines is 1. The van der Waals surface area contributed by atoms with Crippen LogP contribution in [0.1, 0.15) is 27.2 Å². The lowest BCUT2D eigenvalue weighted by Gasteiger charge is -2.09. The zero-order valence-corrected chi connectivity index (χ0v) is 13.9. The number of nitrogens with one attached hydrogen (secondary N) is 1. The maximum atomic E-state index is 12.3. The van der Waals surface area contributed by atoms with Crippen molar-refractivity contribution in [3.05, 3.63) is 71.3 Å². The fourth-order valence-electron chi connectivity index (χ4n) is 2.50. The Morgan fingerprint density at radius 2 is 1.92 bits per heavy atom. The van der Waals surface area contributed by atoms with Crippen molar-refractivity contribution in [3.8, 4) is 11.3 Å². The summed E-state index contributed by atoms with van der Waals surface area (Å²) in [5.74, 6) is 0.190. The molecular weight excluding hydrogens is 300 g/mol. The van der Waals surface area contributed by atoms with E-state index in [1.165, 1.54) is 0 Å². The summed E-state index contributed by atoms with van der Waals surface area (Å²) in [6.07, 6.45) is 4.78. The first-order chi connectivity index (χ1) is 11.5. The second kappa shape index (κ2) is 6.58. The monoisotopic (exact) mass is 318 g/mol. The molecule has 0 atom stereocenters. The zero-order chi connectivity index (χ0) is 17.1. The van der Waals surface area contributed by atoms with Gasteiger partial charge in [0.1, 0.15) is 0 Å². The van der Waals surface area contributed by atoms with Gasteiger partial charge in [-0.05, 0) is 38.5 Å². The molecule has 0 spiro atoms. The molecule has 0 bridgehead atoms. The highest BCUT2D eigenvalue weighted by atomic mass is 16.1. The Bertz CT molecular complexity index is 905. The normalized spacial score (nSPS) is 10.5. The third-order valence-electron chi connectivity index (χ3n) is 3.76. The van der Waals surface area contributed by atoms with Crippen LogP contribution in [-0.4, -0.2) is 20.9 Å². The molecule has 3 rings (SSSR count). The average molecular weight is 318 g/mol. The second-order valence-electron chi connectivity index (χ2n) is 5.70. The quantitative estimate of drug-likeness (QED) is 0.799. The predicted octanol–water partition coefficient (Wildman–Crippen LogP) is 3.72. The van der Waals surface area contributed by atoms with Gasteiger partial charge in [0.15, 0.2) is 5.82 Å². The molecule has 2 aromatic heterocycles. The molecule has 1 N–H and O–H groups in total. The number of carbonyl (C=O) groups is 1. The molecule has 2 heterocycles. The summed E-state index contributed by atoms with van der Waals surface area (Å²) in [7, 11) is 0. The fourth-order valence-corrected chi connectivity index (χ4v) is 2.50. The van der Waals surface area contributed by atoms with E-state index in [2.05, 4.69) is 26.3 Å². The van der Waals surface area contributed by atoms with E-state index in [-0.39, 0.29) is 5.91 Å². The van der Waals surface area contributed by atoms with Gasteiger partial charge in [-0.15, -0.1) is 0 Å². The van der Waals surface area contributed by atoms with Crippen molar-refractivity contribution in [1.29, 1.82) is 0 Å². The molecule has 3 aromatic rings. The van der Waals surface area contributed by atoms with Crippen LogP contribution in [0.25, 0.3) is 11.3 Å². The molecular formula is C19H18N4O. The molecule has 0 unspecified atom stereocenters. The lowest BCUT2D eigenvalue weighted by molar-refractivity contribution is 0.102. The van der Waals surface area contributed by atoms with Gasteiger partial charge in [0, 0.05) is 18.0 Å². The molecule has 120 valence electrons. The average Bonchev–Trinajstić information content (AvgIpc) is 2.55. The van der Waals surface area contributed by atoms with Crippen molar-refractivity contribution < 1.29 is 4.79 Å². The largest absolute Gasteiger partial charge is 0.305 e.